The van der Waals surface area contributed by atoms with Gasteiger partial charge in [-0.1, -0.05) is 61.9 Å². The minimum atomic E-state index is -3.67. The van der Waals surface area contributed by atoms with E-state index in [0.717, 1.165) is 12.0 Å². The quantitative estimate of drug-likeness (QED) is 0.864. The van der Waals surface area contributed by atoms with Crippen LogP contribution in [0.15, 0.2) is 65.6 Å². The van der Waals surface area contributed by atoms with Crippen molar-refractivity contribution in [2.75, 3.05) is 0 Å². The van der Waals surface area contributed by atoms with Crippen molar-refractivity contribution in [2.45, 2.75) is 37.5 Å². The zero-order valence-electron chi connectivity index (χ0n) is 14.9. The fourth-order valence-corrected chi connectivity index (χ4v) is 4.38. The van der Waals surface area contributed by atoms with Crippen LogP contribution >= 0.6 is 0 Å². The van der Waals surface area contributed by atoms with Gasteiger partial charge in [-0.2, -0.15) is 0 Å². The number of benzene rings is 2. The molecule has 2 aliphatic rings. The van der Waals surface area contributed by atoms with Gasteiger partial charge in [-0.3, -0.25) is 0 Å². The molecule has 1 spiro atoms. The highest BCUT2D eigenvalue weighted by molar-refractivity contribution is 7.89. The number of rotatable bonds is 4. The zero-order valence-corrected chi connectivity index (χ0v) is 15.7. The summed E-state index contributed by atoms with van der Waals surface area (Å²) in [6, 6.07) is 15.6. The molecule has 2 aromatic rings. The van der Waals surface area contributed by atoms with E-state index >= 15 is 0 Å². The summed E-state index contributed by atoms with van der Waals surface area (Å²) in [7, 11) is -3.67. The van der Waals surface area contributed by atoms with Crippen molar-refractivity contribution in [1.29, 1.82) is 0 Å². The molecule has 2 aliphatic carbocycles. The first-order valence-electron chi connectivity index (χ1n) is 9.09. The third kappa shape index (κ3) is 3.04. The lowest BCUT2D eigenvalue weighted by molar-refractivity contribution is 0.282. The van der Waals surface area contributed by atoms with Crippen molar-refractivity contribution in [3.05, 3.63) is 77.4 Å². The Bertz CT molecular complexity index is 993. The fourth-order valence-electron chi connectivity index (χ4n) is 3.87. The standard InChI is InChI=1S/C22H23NO2S/c1-2-16-4-6-17(7-5-16)20-14-22(12-3-13-22)15-21(20)18-8-10-19(11-9-18)26(23,24)25/h4-11,14-15H,2-3,12-13H2,1H3,(H2,23,24,25). The first kappa shape index (κ1) is 17.3. The molecule has 0 aromatic heterocycles. The van der Waals surface area contributed by atoms with Gasteiger partial charge in [0.2, 0.25) is 10.0 Å². The molecule has 0 heterocycles. The highest BCUT2D eigenvalue weighted by atomic mass is 32.2. The summed E-state index contributed by atoms with van der Waals surface area (Å²) in [5.41, 5.74) is 6.19. The molecule has 1 saturated carbocycles. The van der Waals surface area contributed by atoms with E-state index in [2.05, 4.69) is 43.3 Å². The van der Waals surface area contributed by atoms with Crippen LogP contribution in [0.25, 0.3) is 11.1 Å². The molecular formula is C22H23NO2S. The van der Waals surface area contributed by atoms with Gasteiger partial charge in [0.05, 0.1) is 4.90 Å². The average Bonchev–Trinajstić information content (AvgIpc) is 3.03. The maximum atomic E-state index is 11.5. The summed E-state index contributed by atoms with van der Waals surface area (Å²) in [6.45, 7) is 2.16. The molecule has 26 heavy (non-hydrogen) atoms. The van der Waals surface area contributed by atoms with E-state index in [1.165, 1.54) is 41.5 Å². The molecule has 0 saturated heterocycles. The summed E-state index contributed by atoms with van der Waals surface area (Å²) < 4.78 is 23.0. The average molecular weight is 365 g/mol. The molecule has 0 amide bonds. The molecule has 4 heteroatoms. The van der Waals surface area contributed by atoms with E-state index in [0.29, 0.717) is 0 Å². The Balaban J connectivity index is 1.75. The summed E-state index contributed by atoms with van der Waals surface area (Å²) in [5, 5.41) is 5.23. The predicted molar refractivity (Wildman–Crippen MR) is 106 cm³/mol. The highest BCUT2D eigenvalue weighted by Gasteiger charge is 2.38. The van der Waals surface area contributed by atoms with Crippen LogP contribution in [-0.4, -0.2) is 8.42 Å². The Hall–Kier alpha value is -2.17. The number of nitrogens with two attached hydrogens (primary N) is 1. The molecule has 0 atom stereocenters. The van der Waals surface area contributed by atoms with Crippen LogP contribution in [0.1, 0.15) is 42.9 Å². The zero-order chi connectivity index (χ0) is 18.4. The number of primary sulfonamides is 1. The number of aryl methyl sites for hydroxylation is 1. The SMILES string of the molecule is CCc1ccc(C2=CC3(C=C2c2ccc(S(N)(=O)=O)cc2)CCC3)cc1. The number of allylic oxidation sites excluding steroid dienone is 4. The molecule has 0 radical (unpaired) electrons. The molecule has 134 valence electrons. The Morgan fingerprint density at radius 3 is 1.77 bits per heavy atom. The van der Waals surface area contributed by atoms with Crippen molar-refractivity contribution in [2.24, 2.45) is 10.6 Å². The molecular weight excluding hydrogens is 342 g/mol. The van der Waals surface area contributed by atoms with E-state index in [1.807, 2.05) is 12.1 Å². The van der Waals surface area contributed by atoms with Gasteiger partial charge in [-0.25, -0.2) is 13.6 Å². The highest BCUT2D eigenvalue weighted by Crippen LogP contribution is 2.53. The smallest absolute Gasteiger partial charge is 0.225 e. The molecule has 3 nitrogen and oxygen atoms in total. The molecule has 0 bridgehead atoms. The number of sulfonamides is 1. The topological polar surface area (TPSA) is 60.2 Å². The largest absolute Gasteiger partial charge is 0.238 e. The van der Waals surface area contributed by atoms with E-state index < -0.39 is 10.0 Å². The first-order valence-corrected chi connectivity index (χ1v) is 10.6. The van der Waals surface area contributed by atoms with E-state index in [1.54, 1.807) is 12.1 Å². The molecule has 1 fully saturated rings. The number of hydrogen-bond donors (Lipinski definition) is 1. The maximum Gasteiger partial charge on any atom is 0.238 e. The van der Waals surface area contributed by atoms with Gasteiger partial charge in [-0.15, -0.1) is 0 Å². The summed E-state index contributed by atoms with van der Waals surface area (Å²) in [4.78, 5) is 0.149. The molecule has 0 unspecified atom stereocenters. The summed E-state index contributed by atoms with van der Waals surface area (Å²) in [5.74, 6) is 0. The fraction of sp³-hybridized carbons (Fsp3) is 0.273. The first-order chi connectivity index (χ1) is 12.4. The van der Waals surface area contributed by atoms with Crippen molar-refractivity contribution in [3.63, 3.8) is 0 Å². The Kier molecular flexibility index (Phi) is 4.13. The third-order valence-corrected chi connectivity index (χ3v) is 6.53. The van der Waals surface area contributed by atoms with Crippen LogP contribution in [0.5, 0.6) is 0 Å². The number of hydrogen-bond acceptors (Lipinski definition) is 2. The molecule has 0 aliphatic heterocycles. The van der Waals surface area contributed by atoms with Crippen LogP contribution in [-0.2, 0) is 16.4 Å². The van der Waals surface area contributed by atoms with Crippen molar-refractivity contribution in [1.82, 2.24) is 0 Å². The van der Waals surface area contributed by atoms with Gasteiger partial charge in [0, 0.05) is 5.41 Å². The summed E-state index contributed by atoms with van der Waals surface area (Å²) in [6.07, 6.45) is 9.42. The normalized spacial score (nSPS) is 18.4. The van der Waals surface area contributed by atoms with Crippen LogP contribution < -0.4 is 5.14 Å². The van der Waals surface area contributed by atoms with Crippen LogP contribution in [0.2, 0.25) is 0 Å². The Morgan fingerprint density at radius 2 is 1.38 bits per heavy atom. The van der Waals surface area contributed by atoms with Gasteiger partial charge in [0.15, 0.2) is 0 Å². The Morgan fingerprint density at radius 1 is 0.885 bits per heavy atom. The minimum absolute atomic E-state index is 0.149. The van der Waals surface area contributed by atoms with Crippen molar-refractivity contribution < 1.29 is 8.42 Å². The van der Waals surface area contributed by atoms with Gasteiger partial charge in [0.1, 0.15) is 0 Å². The van der Waals surface area contributed by atoms with Crippen LogP contribution in [0.4, 0.5) is 0 Å². The predicted octanol–water partition coefficient (Wildman–Crippen LogP) is 4.55. The minimum Gasteiger partial charge on any atom is -0.225 e. The van der Waals surface area contributed by atoms with Gasteiger partial charge in [-0.05, 0) is 59.2 Å². The van der Waals surface area contributed by atoms with Crippen molar-refractivity contribution in [3.8, 4) is 0 Å². The molecule has 2 aromatic carbocycles. The van der Waals surface area contributed by atoms with Gasteiger partial charge in [0.25, 0.3) is 0 Å². The Labute approximate surface area is 155 Å². The lowest BCUT2D eigenvalue weighted by Gasteiger charge is -2.34. The van der Waals surface area contributed by atoms with E-state index in [4.69, 9.17) is 5.14 Å². The summed E-state index contributed by atoms with van der Waals surface area (Å²) >= 11 is 0. The van der Waals surface area contributed by atoms with Crippen LogP contribution in [0.3, 0.4) is 0 Å². The lowest BCUT2D eigenvalue weighted by atomic mass is 9.70. The lowest BCUT2D eigenvalue weighted by Crippen LogP contribution is -2.22. The van der Waals surface area contributed by atoms with E-state index in [-0.39, 0.29) is 10.3 Å². The molecule has 2 N–H and O–H groups in total. The second-order valence-electron chi connectivity index (χ2n) is 7.32. The van der Waals surface area contributed by atoms with Gasteiger partial charge < -0.3 is 0 Å². The monoisotopic (exact) mass is 365 g/mol. The maximum absolute atomic E-state index is 11.5. The molecule has 4 rings (SSSR count). The van der Waals surface area contributed by atoms with Crippen LogP contribution in [0, 0.1) is 5.41 Å². The second kappa shape index (κ2) is 6.22. The van der Waals surface area contributed by atoms with Crippen molar-refractivity contribution >= 4 is 21.2 Å². The van der Waals surface area contributed by atoms with Gasteiger partial charge >= 0.3 is 0 Å². The van der Waals surface area contributed by atoms with E-state index in [9.17, 15) is 8.42 Å². The third-order valence-electron chi connectivity index (χ3n) is 5.61. The second-order valence-corrected chi connectivity index (χ2v) is 8.88.